The molecule has 0 amide bonds. The van der Waals surface area contributed by atoms with Gasteiger partial charge < -0.3 is 4.74 Å². The van der Waals surface area contributed by atoms with E-state index in [-0.39, 0.29) is 11.9 Å². The minimum atomic E-state index is -3.38. The summed E-state index contributed by atoms with van der Waals surface area (Å²) in [5.74, 6) is 0.598. The van der Waals surface area contributed by atoms with Crippen molar-refractivity contribution in [2.45, 2.75) is 32.3 Å². The molecule has 2 fully saturated rings. The number of pyridine rings is 1. The Hall–Kier alpha value is -1.65. The fourth-order valence-electron chi connectivity index (χ4n) is 2.64. The fraction of sp³-hybridized carbons (Fsp3) is 0.600. The lowest BCUT2D eigenvalue weighted by molar-refractivity contribution is 0.214. The number of aryl methyl sites for hydroxylation is 1. The molecule has 7 heteroatoms. The van der Waals surface area contributed by atoms with Gasteiger partial charge in [0.1, 0.15) is 11.9 Å². The smallest absolute Gasteiger partial charge is 0.215 e. The second-order valence-electron chi connectivity index (χ2n) is 6.17. The molecule has 118 valence electrons. The van der Waals surface area contributed by atoms with Gasteiger partial charge in [-0.3, -0.25) is 4.98 Å². The highest BCUT2D eigenvalue weighted by atomic mass is 32.2. The maximum Gasteiger partial charge on any atom is 0.215 e. The van der Waals surface area contributed by atoms with Crippen LogP contribution in [0.3, 0.4) is 0 Å². The number of rotatable bonds is 5. The van der Waals surface area contributed by atoms with Crippen LogP contribution in [0, 0.1) is 23.7 Å². The lowest BCUT2D eigenvalue weighted by Gasteiger charge is -2.18. The predicted molar refractivity (Wildman–Crippen MR) is 80.6 cm³/mol. The van der Waals surface area contributed by atoms with Crippen molar-refractivity contribution in [3.63, 3.8) is 0 Å². The van der Waals surface area contributed by atoms with E-state index in [4.69, 9.17) is 10.00 Å². The van der Waals surface area contributed by atoms with Crippen molar-refractivity contribution in [2.24, 2.45) is 5.41 Å². The van der Waals surface area contributed by atoms with E-state index in [1.165, 1.54) is 4.31 Å². The van der Waals surface area contributed by atoms with E-state index in [1.54, 1.807) is 6.20 Å². The molecule has 0 bridgehead atoms. The van der Waals surface area contributed by atoms with Crippen LogP contribution in [0.2, 0.25) is 0 Å². The molecule has 0 spiro atoms. The van der Waals surface area contributed by atoms with E-state index in [0.29, 0.717) is 38.1 Å². The molecule has 0 aromatic carbocycles. The molecular weight excluding hydrogens is 302 g/mol. The van der Waals surface area contributed by atoms with Crippen molar-refractivity contribution in [2.75, 3.05) is 18.8 Å². The van der Waals surface area contributed by atoms with Crippen molar-refractivity contribution in [3.05, 3.63) is 24.0 Å². The summed E-state index contributed by atoms with van der Waals surface area (Å²) < 4.78 is 32.0. The highest BCUT2D eigenvalue weighted by Gasteiger charge is 2.49. The highest BCUT2D eigenvalue weighted by molar-refractivity contribution is 7.89. The van der Waals surface area contributed by atoms with Crippen LogP contribution in [0.4, 0.5) is 0 Å². The number of aromatic nitrogens is 1. The van der Waals surface area contributed by atoms with E-state index >= 15 is 0 Å². The first kappa shape index (κ1) is 15.3. The van der Waals surface area contributed by atoms with Gasteiger partial charge in [0.05, 0.1) is 30.0 Å². The second-order valence-corrected chi connectivity index (χ2v) is 8.14. The average molecular weight is 321 g/mol. The second kappa shape index (κ2) is 5.52. The Kier molecular flexibility index (Phi) is 3.83. The number of ether oxygens (including phenoxy) is 1. The van der Waals surface area contributed by atoms with Crippen molar-refractivity contribution >= 4 is 10.0 Å². The molecule has 3 rings (SSSR count). The third-order valence-corrected chi connectivity index (χ3v) is 6.27. The summed E-state index contributed by atoms with van der Waals surface area (Å²) in [5, 5.41) is 9.07. The molecule has 1 aliphatic carbocycles. The molecule has 1 saturated carbocycles. The van der Waals surface area contributed by atoms with Gasteiger partial charge in [-0.25, -0.2) is 8.42 Å². The zero-order valence-corrected chi connectivity index (χ0v) is 13.3. The Bertz CT molecular complexity index is 690. The molecule has 1 unspecified atom stereocenters. The Morgan fingerprint density at radius 3 is 2.86 bits per heavy atom. The van der Waals surface area contributed by atoms with Crippen molar-refractivity contribution in [1.29, 1.82) is 5.26 Å². The maximum absolute atomic E-state index is 12.4. The minimum Gasteiger partial charge on any atom is -0.487 e. The van der Waals surface area contributed by atoms with Gasteiger partial charge >= 0.3 is 0 Å². The molecule has 2 aliphatic rings. The summed E-state index contributed by atoms with van der Waals surface area (Å²) >= 11 is 0. The van der Waals surface area contributed by atoms with Crippen LogP contribution in [0.25, 0.3) is 0 Å². The van der Waals surface area contributed by atoms with Gasteiger partial charge in [-0.05, 0) is 38.3 Å². The molecule has 1 aromatic heterocycles. The van der Waals surface area contributed by atoms with Crippen molar-refractivity contribution in [1.82, 2.24) is 9.29 Å². The van der Waals surface area contributed by atoms with Crippen LogP contribution in [0.15, 0.2) is 18.3 Å². The molecule has 1 aliphatic heterocycles. The zero-order valence-electron chi connectivity index (χ0n) is 12.5. The summed E-state index contributed by atoms with van der Waals surface area (Å²) in [5.41, 5.74) is 0.271. The third kappa shape index (κ3) is 3.23. The SMILES string of the molecule is Cc1ccc(OC2CCN(S(=O)(=O)CC3(C#N)CC3)C2)cn1. The summed E-state index contributed by atoms with van der Waals surface area (Å²) in [6, 6.07) is 5.85. The Labute approximate surface area is 130 Å². The minimum absolute atomic E-state index is 0.0602. The summed E-state index contributed by atoms with van der Waals surface area (Å²) in [7, 11) is -3.38. The largest absolute Gasteiger partial charge is 0.487 e. The monoisotopic (exact) mass is 321 g/mol. The number of nitriles is 1. The molecule has 22 heavy (non-hydrogen) atoms. The first-order valence-electron chi connectivity index (χ1n) is 7.41. The van der Waals surface area contributed by atoms with Crippen molar-refractivity contribution < 1.29 is 13.2 Å². The van der Waals surface area contributed by atoms with E-state index < -0.39 is 15.4 Å². The third-order valence-electron chi connectivity index (χ3n) is 4.24. The Morgan fingerprint density at radius 2 is 2.27 bits per heavy atom. The van der Waals surface area contributed by atoms with E-state index in [1.807, 2.05) is 19.1 Å². The van der Waals surface area contributed by atoms with E-state index in [2.05, 4.69) is 11.1 Å². The van der Waals surface area contributed by atoms with Crippen LogP contribution >= 0.6 is 0 Å². The first-order chi connectivity index (χ1) is 10.4. The standard InChI is InChI=1S/C15H19N3O3S/c1-12-2-3-13(8-17-12)21-14-4-7-18(9-14)22(19,20)11-15(10-16)5-6-15/h2-3,8,14H,4-7,9,11H2,1H3. The van der Waals surface area contributed by atoms with Gasteiger partial charge in [-0.15, -0.1) is 0 Å². The van der Waals surface area contributed by atoms with E-state index in [9.17, 15) is 8.42 Å². The van der Waals surface area contributed by atoms with Gasteiger partial charge in [0, 0.05) is 12.2 Å². The van der Waals surface area contributed by atoms with Crippen LogP contribution < -0.4 is 4.74 Å². The number of sulfonamides is 1. The lowest BCUT2D eigenvalue weighted by Crippen LogP contribution is -2.35. The predicted octanol–water partition coefficient (Wildman–Crippen LogP) is 1.48. The van der Waals surface area contributed by atoms with Crippen LogP contribution in [-0.2, 0) is 10.0 Å². The van der Waals surface area contributed by atoms with Gasteiger partial charge in [-0.1, -0.05) is 0 Å². The molecule has 1 atom stereocenters. The maximum atomic E-state index is 12.4. The van der Waals surface area contributed by atoms with E-state index in [0.717, 1.165) is 5.69 Å². The molecule has 1 aromatic rings. The summed E-state index contributed by atoms with van der Waals surface area (Å²) in [6.45, 7) is 2.70. The van der Waals surface area contributed by atoms with Crippen LogP contribution in [0.1, 0.15) is 25.0 Å². The lowest BCUT2D eigenvalue weighted by atomic mass is 10.2. The quantitative estimate of drug-likeness (QED) is 0.820. The fourth-order valence-corrected chi connectivity index (χ4v) is 4.65. The topological polar surface area (TPSA) is 83.3 Å². The molecule has 1 saturated heterocycles. The van der Waals surface area contributed by atoms with Gasteiger partial charge in [0.25, 0.3) is 0 Å². The molecular formula is C15H19N3O3S. The van der Waals surface area contributed by atoms with Crippen molar-refractivity contribution in [3.8, 4) is 11.8 Å². The Morgan fingerprint density at radius 1 is 1.50 bits per heavy atom. The number of hydrogen-bond acceptors (Lipinski definition) is 5. The first-order valence-corrected chi connectivity index (χ1v) is 9.02. The van der Waals surface area contributed by atoms with Crippen LogP contribution in [-0.4, -0.2) is 42.7 Å². The number of nitrogens with zero attached hydrogens (tertiary/aromatic N) is 3. The number of hydrogen-bond donors (Lipinski definition) is 0. The molecule has 0 radical (unpaired) electrons. The molecule has 0 N–H and O–H groups in total. The molecule has 2 heterocycles. The average Bonchev–Trinajstić information content (AvgIpc) is 3.07. The normalized spacial score (nSPS) is 23.9. The highest BCUT2D eigenvalue weighted by Crippen LogP contribution is 2.46. The summed E-state index contributed by atoms with van der Waals surface area (Å²) in [4.78, 5) is 4.16. The van der Waals surface area contributed by atoms with Gasteiger partial charge in [0.15, 0.2) is 0 Å². The zero-order chi connectivity index (χ0) is 15.8. The Balaban J connectivity index is 1.60. The van der Waals surface area contributed by atoms with Gasteiger partial charge in [0.2, 0.25) is 10.0 Å². The van der Waals surface area contributed by atoms with Crippen LogP contribution in [0.5, 0.6) is 5.75 Å². The molecule has 6 nitrogen and oxygen atoms in total. The van der Waals surface area contributed by atoms with Gasteiger partial charge in [-0.2, -0.15) is 9.57 Å². The summed E-state index contributed by atoms with van der Waals surface area (Å²) in [6.07, 6.45) is 3.53.